The summed E-state index contributed by atoms with van der Waals surface area (Å²) in [4.78, 5) is 2.56. The molecule has 0 bridgehead atoms. The first-order valence-corrected chi connectivity index (χ1v) is 9.14. The highest BCUT2D eigenvalue weighted by molar-refractivity contribution is 5.43. The molecule has 1 unspecified atom stereocenters. The molecule has 0 radical (unpaired) electrons. The second-order valence-electron chi connectivity index (χ2n) is 6.29. The number of nitrogens with one attached hydrogen (secondary N) is 1. The molecule has 1 saturated heterocycles. The van der Waals surface area contributed by atoms with Crippen molar-refractivity contribution in [1.82, 2.24) is 10.2 Å². The minimum atomic E-state index is 0.188. The van der Waals surface area contributed by atoms with Crippen LogP contribution >= 0.6 is 0 Å². The van der Waals surface area contributed by atoms with E-state index in [9.17, 15) is 0 Å². The summed E-state index contributed by atoms with van der Waals surface area (Å²) in [5.74, 6) is 1.86. The van der Waals surface area contributed by atoms with E-state index < -0.39 is 0 Å². The standard InChI is InChI=1S/C21H28N2O2/c1-3-25-20-8-5-4-7-19(20)21(23-15-6-13-22-14-16-23)17-9-11-18(24-2)12-10-17/h4-5,7-12,21-22H,3,6,13-16H2,1-2H3. The van der Waals surface area contributed by atoms with Crippen LogP contribution in [0.25, 0.3) is 0 Å². The Bertz CT molecular complexity index is 649. The van der Waals surface area contributed by atoms with Gasteiger partial charge in [0.05, 0.1) is 19.8 Å². The fraction of sp³-hybridized carbons (Fsp3) is 0.429. The number of nitrogens with zero attached hydrogens (tertiary/aromatic N) is 1. The van der Waals surface area contributed by atoms with Crippen LogP contribution in [0.1, 0.15) is 30.5 Å². The zero-order chi connectivity index (χ0) is 17.5. The summed E-state index contributed by atoms with van der Waals surface area (Å²) < 4.78 is 11.3. The highest BCUT2D eigenvalue weighted by atomic mass is 16.5. The Labute approximate surface area is 150 Å². The van der Waals surface area contributed by atoms with Crippen LogP contribution in [0.2, 0.25) is 0 Å². The molecule has 25 heavy (non-hydrogen) atoms. The molecule has 4 heteroatoms. The van der Waals surface area contributed by atoms with Crippen LogP contribution in [-0.2, 0) is 0 Å². The van der Waals surface area contributed by atoms with Gasteiger partial charge in [-0.05, 0) is 43.7 Å². The Hall–Kier alpha value is -2.04. The molecule has 3 rings (SSSR count). The molecule has 0 spiro atoms. The molecule has 0 amide bonds. The highest BCUT2D eigenvalue weighted by Gasteiger charge is 2.25. The van der Waals surface area contributed by atoms with Crippen LogP contribution < -0.4 is 14.8 Å². The zero-order valence-electron chi connectivity index (χ0n) is 15.2. The molecule has 0 aromatic heterocycles. The van der Waals surface area contributed by atoms with Crippen molar-refractivity contribution in [2.24, 2.45) is 0 Å². The van der Waals surface area contributed by atoms with E-state index in [0.717, 1.165) is 44.1 Å². The lowest BCUT2D eigenvalue weighted by molar-refractivity contribution is 0.233. The molecule has 1 atom stereocenters. The quantitative estimate of drug-likeness (QED) is 0.873. The van der Waals surface area contributed by atoms with Gasteiger partial charge in [-0.1, -0.05) is 30.3 Å². The normalized spacial score (nSPS) is 16.9. The maximum atomic E-state index is 5.94. The van der Waals surface area contributed by atoms with Crippen molar-refractivity contribution in [2.45, 2.75) is 19.4 Å². The summed E-state index contributed by atoms with van der Waals surface area (Å²) in [5.41, 5.74) is 2.51. The van der Waals surface area contributed by atoms with E-state index in [1.807, 2.05) is 25.1 Å². The molecule has 1 heterocycles. The van der Waals surface area contributed by atoms with Crippen LogP contribution in [0, 0.1) is 0 Å². The fourth-order valence-corrected chi connectivity index (χ4v) is 3.49. The Morgan fingerprint density at radius 1 is 1.04 bits per heavy atom. The number of benzene rings is 2. The summed E-state index contributed by atoms with van der Waals surface area (Å²) in [6, 6.07) is 17.0. The average molecular weight is 340 g/mol. The smallest absolute Gasteiger partial charge is 0.124 e. The molecule has 2 aromatic carbocycles. The van der Waals surface area contributed by atoms with Gasteiger partial charge in [0, 0.05) is 25.2 Å². The van der Waals surface area contributed by atoms with Gasteiger partial charge in [-0.25, -0.2) is 0 Å². The lowest BCUT2D eigenvalue weighted by Crippen LogP contribution is -2.33. The van der Waals surface area contributed by atoms with Gasteiger partial charge in [-0.3, -0.25) is 4.90 Å². The van der Waals surface area contributed by atoms with Crippen molar-refractivity contribution < 1.29 is 9.47 Å². The second-order valence-corrected chi connectivity index (χ2v) is 6.29. The SMILES string of the molecule is CCOc1ccccc1C(c1ccc(OC)cc1)N1CCCNCC1. The van der Waals surface area contributed by atoms with Crippen molar-refractivity contribution in [1.29, 1.82) is 0 Å². The number of methoxy groups -OCH3 is 1. The molecule has 1 aliphatic heterocycles. The van der Waals surface area contributed by atoms with Gasteiger partial charge in [0.15, 0.2) is 0 Å². The largest absolute Gasteiger partial charge is 0.497 e. The molecular weight excluding hydrogens is 312 g/mol. The number of rotatable bonds is 6. The molecule has 0 saturated carbocycles. The zero-order valence-corrected chi connectivity index (χ0v) is 15.2. The topological polar surface area (TPSA) is 33.7 Å². The number of ether oxygens (including phenoxy) is 2. The van der Waals surface area contributed by atoms with E-state index in [2.05, 4.69) is 40.5 Å². The summed E-state index contributed by atoms with van der Waals surface area (Å²) >= 11 is 0. The van der Waals surface area contributed by atoms with Gasteiger partial charge in [0.2, 0.25) is 0 Å². The van der Waals surface area contributed by atoms with Crippen molar-refractivity contribution >= 4 is 0 Å². The van der Waals surface area contributed by atoms with Gasteiger partial charge in [0.1, 0.15) is 11.5 Å². The third-order valence-electron chi connectivity index (χ3n) is 4.68. The van der Waals surface area contributed by atoms with Crippen LogP contribution in [0.3, 0.4) is 0 Å². The lowest BCUT2D eigenvalue weighted by Gasteiger charge is -2.32. The van der Waals surface area contributed by atoms with Crippen molar-refractivity contribution in [2.75, 3.05) is 39.9 Å². The molecule has 1 fully saturated rings. The molecule has 1 N–H and O–H groups in total. The Morgan fingerprint density at radius 3 is 2.60 bits per heavy atom. The van der Waals surface area contributed by atoms with Crippen molar-refractivity contribution in [3.63, 3.8) is 0 Å². The van der Waals surface area contributed by atoms with Gasteiger partial charge in [-0.2, -0.15) is 0 Å². The van der Waals surface area contributed by atoms with Crippen LogP contribution in [0.4, 0.5) is 0 Å². The average Bonchev–Trinajstić information content (AvgIpc) is 2.93. The summed E-state index contributed by atoms with van der Waals surface area (Å²) in [6.07, 6.45) is 1.16. The van der Waals surface area contributed by atoms with E-state index in [0.29, 0.717) is 6.61 Å². The third kappa shape index (κ3) is 4.33. The first kappa shape index (κ1) is 17.8. The monoisotopic (exact) mass is 340 g/mol. The van der Waals surface area contributed by atoms with Crippen LogP contribution in [0.5, 0.6) is 11.5 Å². The summed E-state index contributed by atoms with van der Waals surface area (Å²) in [6.45, 7) is 6.91. The van der Waals surface area contributed by atoms with Gasteiger partial charge in [-0.15, -0.1) is 0 Å². The minimum absolute atomic E-state index is 0.188. The van der Waals surface area contributed by atoms with Gasteiger partial charge < -0.3 is 14.8 Å². The van der Waals surface area contributed by atoms with Gasteiger partial charge in [0.25, 0.3) is 0 Å². The van der Waals surface area contributed by atoms with Crippen molar-refractivity contribution in [3.8, 4) is 11.5 Å². The highest BCUT2D eigenvalue weighted by Crippen LogP contribution is 2.35. The third-order valence-corrected chi connectivity index (χ3v) is 4.68. The predicted octanol–water partition coefficient (Wildman–Crippen LogP) is 3.48. The Kier molecular flexibility index (Phi) is 6.31. The van der Waals surface area contributed by atoms with E-state index in [-0.39, 0.29) is 6.04 Å². The van der Waals surface area contributed by atoms with E-state index in [1.54, 1.807) is 7.11 Å². The van der Waals surface area contributed by atoms with Gasteiger partial charge >= 0.3 is 0 Å². The number of para-hydroxylation sites is 1. The van der Waals surface area contributed by atoms with Crippen LogP contribution in [0.15, 0.2) is 48.5 Å². The molecular formula is C21H28N2O2. The second kappa shape index (κ2) is 8.88. The number of hydrogen-bond donors (Lipinski definition) is 1. The molecule has 2 aromatic rings. The molecule has 4 nitrogen and oxygen atoms in total. The minimum Gasteiger partial charge on any atom is -0.497 e. The maximum absolute atomic E-state index is 5.94. The molecule has 134 valence electrons. The molecule has 0 aliphatic carbocycles. The Morgan fingerprint density at radius 2 is 1.84 bits per heavy atom. The van der Waals surface area contributed by atoms with Crippen molar-refractivity contribution in [3.05, 3.63) is 59.7 Å². The fourth-order valence-electron chi connectivity index (χ4n) is 3.49. The van der Waals surface area contributed by atoms with Crippen LogP contribution in [-0.4, -0.2) is 44.8 Å². The molecule has 1 aliphatic rings. The number of hydrogen-bond acceptors (Lipinski definition) is 4. The maximum Gasteiger partial charge on any atom is 0.124 e. The lowest BCUT2D eigenvalue weighted by atomic mass is 9.95. The first-order valence-electron chi connectivity index (χ1n) is 9.14. The Balaban J connectivity index is 2.01. The first-order chi connectivity index (χ1) is 12.3. The summed E-state index contributed by atoms with van der Waals surface area (Å²) in [7, 11) is 1.71. The predicted molar refractivity (Wildman–Crippen MR) is 102 cm³/mol. The van der Waals surface area contributed by atoms with E-state index in [1.165, 1.54) is 11.1 Å². The summed E-state index contributed by atoms with van der Waals surface area (Å²) in [5, 5.41) is 3.50. The van der Waals surface area contributed by atoms with E-state index in [4.69, 9.17) is 9.47 Å². The van der Waals surface area contributed by atoms with E-state index >= 15 is 0 Å².